The molecule has 0 aliphatic carbocycles. The van der Waals surface area contributed by atoms with Crippen LogP contribution in [-0.2, 0) is 16.3 Å². The number of hydrogen-bond acceptors (Lipinski definition) is 4. The predicted octanol–water partition coefficient (Wildman–Crippen LogP) is 5.41. The van der Waals surface area contributed by atoms with E-state index in [0.717, 1.165) is 28.5 Å². The van der Waals surface area contributed by atoms with Crippen molar-refractivity contribution >= 4 is 35.1 Å². The minimum atomic E-state index is -0.221. The molecule has 0 spiro atoms. The van der Waals surface area contributed by atoms with Gasteiger partial charge in [0.2, 0.25) is 0 Å². The molecule has 1 aliphatic rings. The van der Waals surface area contributed by atoms with Crippen LogP contribution >= 0.6 is 23.4 Å². The molecule has 1 amide bonds. The molecule has 29 heavy (non-hydrogen) atoms. The Morgan fingerprint density at radius 2 is 2.03 bits per heavy atom. The third-order valence-corrected chi connectivity index (χ3v) is 5.98. The number of benzene rings is 2. The highest BCUT2D eigenvalue weighted by Gasteiger charge is 2.24. The molecular formula is C22H22ClN3O2S. The van der Waals surface area contributed by atoms with E-state index in [1.54, 1.807) is 16.4 Å². The van der Waals surface area contributed by atoms with Gasteiger partial charge in [-0.2, -0.15) is 16.9 Å². The number of anilines is 1. The quantitative estimate of drug-likeness (QED) is 0.571. The molecular weight excluding hydrogens is 406 g/mol. The maximum Gasteiger partial charge on any atom is 0.263 e. The van der Waals surface area contributed by atoms with Gasteiger partial charge in [-0.1, -0.05) is 43.6 Å². The molecule has 1 aliphatic heterocycles. The lowest BCUT2D eigenvalue weighted by molar-refractivity contribution is -0.118. The standard InChI is InChI=1S/C22H22ClN3O2S/c1-14(2)15-6-8-18(9-7-15)28-11-21(27)24-22-19-12-29-13-20(19)25-26(22)17-5-3-4-16(23)10-17/h3-10,14H,11-13H2,1-2H3,(H,24,27). The minimum Gasteiger partial charge on any atom is -0.484 e. The van der Waals surface area contributed by atoms with E-state index in [1.807, 2.05) is 48.5 Å². The van der Waals surface area contributed by atoms with E-state index in [9.17, 15) is 4.79 Å². The van der Waals surface area contributed by atoms with E-state index in [2.05, 4.69) is 24.3 Å². The monoisotopic (exact) mass is 427 g/mol. The third kappa shape index (κ3) is 4.43. The molecule has 2 heterocycles. The first-order valence-electron chi connectivity index (χ1n) is 9.48. The van der Waals surface area contributed by atoms with Crippen LogP contribution in [0.15, 0.2) is 48.5 Å². The van der Waals surface area contributed by atoms with Crippen LogP contribution in [0.5, 0.6) is 5.75 Å². The van der Waals surface area contributed by atoms with Crippen LogP contribution < -0.4 is 10.1 Å². The van der Waals surface area contributed by atoms with Crippen LogP contribution in [0.3, 0.4) is 0 Å². The summed E-state index contributed by atoms with van der Waals surface area (Å²) >= 11 is 7.93. The summed E-state index contributed by atoms with van der Waals surface area (Å²) in [7, 11) is 0. The van der Waals surface area contributed by atoms with Gasteiger partial charge in [0, 0.05) is 22.1 Å². The van der Waals surface area contributed by atoms with Crippen LogP contribution in [0.2, 0.25) is 5.02 Å². The third-order valence-electron chi connectivity index (χ3n) is 4.78. The van der Waals surface area contributed by atoms with Crippen LogP contribution in [0, 0.1) is 0 Å². The number of ether oxygens (including phenoxy) is 1. The van der Waals surface area contributed by atoms with E-state index in [4.69, 9.17) is 16.3 Å². The number of thioether (sulfide) groups is 1. The Balaban J connectivity index is 1.49. The summed E-state index contributed by atoms with van der Waals surface area (Å²) in [5, 5.41) is 8.29. The zero-order valence-corrected chi connectivity index (χ0v) is 17.9. The van der Waals surface area contributed by atoms with Gasteiger partial charge >= 0.3 is 0 Å². The Kier molecular flexibility index (Phi) is 5.83. The van der Waals surface area contributed by atoms with E-state index in [1.165, 1.54) is 5.56 Å². The van der Waals surface area contributed by atoms with Crippen LogP contribution in [0.25, 0.3) is 5.69 Å². The molecule has 0 atom stereocenters. The number of nitrogens with zero attached hydrogens (tertiary/aromatic N) is 2. The average molecular weight is 428 g/mol. The number of carbonyl (C=O) groups excluding carboxylic acids is 1. The highest BCUT2D eigenvalue weighted by molar-refractivity contribution is 7.98. The van der Waals surface area contributed by atoms with Gasteiger partial charge in [0.25, 0.3) is 5.91 Å². The molecule has 3 aromatic rings. The Labute approximate surface area is 179 Å². The Morgan fingerprint density at radius 3 is 2.76 bits per heavy atom. The van der Waals surface area contributed by atoms with Crippen molar-refractivity contribution in [2.45, 2.75) is 31.3 Å². The van der Waals surface area contributed by atoms with Gasteiger partial charge in [0.1, 0.15) is 11.6 Å². The van der Waals surface area contributed by atoms with E-state index in [-0.39, 0.29) is 12.5 Å². The first kappa shape index (κ1) is 19.9. The summed E-state index contributed by atoms with van der Waals surface area (Å²) in [6.45, 7) is 4.22. The maximum absolute atomic E-state index is 12.6. The van der Waals surface area contributed by atoms with Gasteiger partial charge in [-0.3, -0.25) is 4.79 Å². The number of rotatable bonds is 6. The summed E-state index contributed by atoms with van der Waals surface area (Å²) in [4.78, 5) is 12.6. The van der Waals surface area contributed by atoms with Gasteiger partial charge in [0.15, 0.2) is 6.61 Å². The number of fused-ring (bicyclic) bond motifs is 1. The number of aromatic nitrogens is 2. The van der Waals surface area contributed by atoms with Gasteiger partial charge < -0.3 is 10.1 Å². The number of nitrogens with one attached hydrogen (secondary N) is 1. The fourth-order valence-electron chi connectivity index (χ4n) is 3.20. The molecule has 0 radical (unpaired) electrons. The van der Waals surface area contributed by atoms with Crippen molar-refractivity contribution in [1.29, 1.82) is 0 Å². The predicted molar refractivity (Wildman–Crippen MR) is 118 cm³/mol. The molecule has 0 saturated heterocycles. The summed E-state index contributed by atoms with van der Waals surface area (Å²) in [5.41, 5.74) is 4.11. The summed E-state index contributed by atoms with van der Waals surface area (Å²) < 4.78 is 7.42. The van der Waals surface area contributed by atoms with Crippen LogP contribution in [0.4, 0.5) is 5.82 Å². The first-order valence-corrected chi connectivity index (χ1v) is 11.0. The molecule has 7 heteroatoms. The zero-order chi connectivity index (χ0) is 20.4. The lowest BCUT2D eigenvalue weighted by Crippen LogP contribution is -2.22. The normalized spacial score (nSPS) is 12.8. The van der Waals surface area contributed by atoms with Gasteiger partial charge in [-0.05, 0) is 41.8 Å². The fraction of sp³-hybridized carbons (Fsp3) is 0.273. The number of amides is 1. The molecule has 0 fully saturated rings. The van der Waals surface area contributed by atoms with Crippen molar-refractivity contribution < 1.29 is 9.53 Å². The summed E-state index contributed by atoms with van der Waals surface area (Å²) in [6, 6.07) is 15.3. The number of hydrogen-bond donors (Lipinski definition) is 1. The SMILES string of the molecule is CC(C)c1ccc(OCC(=O)Nc2c3c(nn2-c2cccc(Cl)c2)CSC3)cc1. The smallest absolute Gasteiger partial charge is 0.263 e. The largest absolute Gasteiger partial charge is 0.484 e. The van der Waals surface area contributed by atoms with Crippen molar-refractivity contribution in [3.63, 3.8) is 0 Å². The Hall–Kier alpha value is -2.44. The molecule has 1 N–H and O–H groups in total. The van der Waals surface area contributed by atoms with Crippen molar-refractivity contribution in [3.8, 4) is 11.4 Å². The molecule has 0 saturated carbocycles. The number of halogens is 1. The van der Waals surface area contributed by atoms with Gasteiger partial charge in [0.05, 0.1) is 11.4 Å². The topological polar surface area (TPSA) is 56.1 Å². The van der Waals surface area contributed by atoms with Crippen LogP contribution in [-0.4, -0.2) is 22.3 Å². The average Bonchev–Trinajstić information content (AvgIpc) is 3.29. The lowest BCUT2D eigenvalue weighted by Gasteiger charge is -2.12. The van der Waals surface area contributed by atoms with Crippen molar-refractivity contribution in [2.24, 2.45) is 0 Å². The van der Waals surface area contributed by atoms with Gasteiger partial charge in [-0.25, -0.2) is 4.68 Å². The highest BCUT2D eigenvalue weighted by Crippen LogP contribution is 2.36. The highest BCUT2D eigenvalue weighted by atomic mass is 35.5. The second-order valence-electron chi connectivity index (χ2n) is 7.22. The zero-order valence-electron chi connectivity index (χ0n) is 16.3. The van der Waals surface area contributed by atoms with Crippen molar-refractivity contribution in [3.05, 3.63) is 70.4 Å². The van der Waals surface area contributed by atoms with Crippen molar-refractivity contribution in [1.82, 2.24) is 9.78 Å². The second-order valence-corrected chi connectivity index (χ2v) is 8.64. The molecule has 0 unspecified atom stereocenters. The summed E-state index contributed by atoms with van der Waals surface area (Å²) in [5.74, 6) is 3.26. The Morgan fingerprint density at radius 1 is 1.24 bits per heavy atom. The first-order chi connectivity index (χ1) is 14.0. The Bertz CT molecular complexity index is 1030. The van der Waals surface area contributed by atoms with Gasteiger partial charge in [-0.15, -0.1) is 0 Å². The fourth-order valence-corrected chi connectivity index (χ4v) is 4.42. The van der Waals surface area contributed by atoms with Crippen LogP contribution in [0.1, 0.15) is 36.6 Å². The van der Waals surface area contributed by atoms with Crippen molar-refractivity contribution in [2.75, 3.05) is 11.9 Å². The molecule has 0 bridgehead atoms. The van der Waals surface area contributed by atoms with E-state index < -0.39 is 0 Å². The molecule has 150 valence electrons. The molecule has 1 aromatic heterocycles. The minimum absolute atomic E-state index is 0.0658. The van der Waals surface area contributed by atoms with E-state index >= 15 is 0 Å². The second kappa shape index (κ2) is 8.51. The molecule has 4 rings (SSSR count). The summed E-state index contributed by atoms with van der Waals surface area (Å²) in [6.07, 6.45) is 0. The lowest BCUT2D eigenvalue weighted by atomic mass is 10.0. The van der Waals surface area contributed by atoms with E-state index in [0.29, 0.717) is 22.5 Å². The molecule has 2 aromatic carbocycles. The maximum atomic E-state index is 12.6. The molecule has 5 nitrogen and oxygen atoms in total. The number of carbonyl (C=O) groups is 1.